The first-order valence-electron chi connectivity index (χ1n) is 12.6. The fourth-order valence-electron chi connectivity index (χ4n) is 9.28. The predicted octanol–water partition coefficient (Wildman–Crippen LogP) is 6.22. The minimum Gasteiger partial charge on any atom is -0.393 e. The molecule has 10 atom stereocenters. The number of fused-ring (bicyclic) bond motifs is 5. The summed E-state index contributed by atoms with van der Waals surface area (Å²) in [4.78, 5) is 0. The molecular weight excluding hydrogens is 356 g/mol. The molecule has 0 aromatic carbocycles. The summed E-state index contributed by atoms with van der Waals surface area (Å²) in [5.74, 6) is 4.41. The van der Waals surface area contributed by atoms with Gasteiger partial charge in [0, 0.05) is 17.8 Å². The molecule has 2 nitrogen and oxygen atoms in total. The molecule has 0 heterocycles. The zero-order chi connectivity index (χ0) is 21.2. The lowest BCUT2D eigenvalue weighted by Crippen LogP contribution is -2.53. The summed E-state index contributed by atoms with van der Waals surface area (Å²) >= 11 is 0. The lowest BCUT2D eigenvalue weighted by Gasteiger charge is -2.52. The number of aliphatic hydroxyl groups excluding tert-OH is 1. The zero-order valence-electron chi connectivity index (χ0n) is 19.7. The summed E-state index contributed by atoms with van der Waals surface area (Å²) in [5, 5.41) is 22.5. The van der Waals surface area contributed by atoms with Gasteiger partial charge in [-0.05, 0) is 79.4 Å². The van der Waals surface area contributed by atoms with Crippen LogP contribution in [0.5, 0.6) is 0 Å². The Labute approximate surface area is 179 Å². The maximum atomic E-state index is 12.0. The molecule has 0 amide bonds. The van der Waals surface area contributed by atoms with Crippen molar-refractivity contribution in [3.63, 3.8) is 0 Å². The van der Waals surface area contributed by atoms with Crippen molar-refractivity contribution in [2.24, 2.45) is 52.3 Å². The average molecular weight is 403 g/mol. The maximum absolute atomic E-state index is 12.0. The summed E-state index contributed by atoms with van der Waals surface area (Å²) in [6.45, 7) is 16.4. The third-order valence-corrected chi connectivity index (χ3v) is 10.9. The van der Waals surface area contributed by atoms with Crippen LogP contribution in [0.25, 0.3) is 0 Å². The van der Waals surface area contributed by atoms with Crippen LogP contribution in [0.4, 0.5) is 0 Å². The molecule has 4 saturated carbocycles. The van der Waals surface area contributed by atoms with Crippen LogP contribution in [0.1, 0.15) is 92.4 Å². The van der Waals surface area contributed by atoms with Gasteiger partial charge >= 0.3 is 0 Å². The largest absolute Gasteiger partial charge is 0.393 e. The number of hydrogen-bond donors (Lipinski definition) is 2. The van der Waals surface area contributed by atoms with Crippen molar-refractivity contribution in [3.05, 3.63) is 12.7 Å². The molecule has 0 aliphatic heterocycles. The van der Waals surface area contributed by atoms with Crippen molar-refractivity contribution in [1.82, 2.24) is 0 Å². The van der Waals surface area contributed by atoms with E-state index in [2.05, 4.69) is 47.3 Å². The predicted molar refractivity (Wildman–Crippen MR) is 120 cm³/mol. The van der Waals surface area contributed by atoms with Crippen LogP contribution in [-0.4, -0.2) is 21.9 Å². The van der Waals surface area contributed by atoms with E-state index < -0.39 is 5.60 Å². The van der Waals surface area contributed by atoms with Crippen LogP contribution in [-0.2, 0) is 0 Å². The van der Waals surface area contributed by atoms with Gasteiger partial charge in [-0.25, -0.2) is 0 Å². The van der Waals surface area contributed by atoms with Crippen LogP contribution in [0.15, 0.2) is 12.7 Å². The lowest BCUT2D eigenvalue weighted by atomic mass is 9.53. The minimum atomic E-state index is -0.769. The Morgan fingerprint density at radius 3 is 2.38 bits per heavy atom. The van der Waals surface area contributed by atoms with Crippen molar-refractivity contribution in [1.29, 1.82) is 0 Å². The van der Waals surface area contributed by atoms with E-state index >= 15 is 0 Å². The molecule has 4 aliphatic carbocycles. The summed E-state index contributed by atoms with van der Waals surface area (Å²) in [6, 6.07) is 0. The third-order valence-electron chi connectivity index (χ3n) is 10.9. The maximum Gasteiger partial charge on any atom is 0.0793 e. The molecule has 0 bridgehead atoms. The van der Waals surface area contributed by atoms with Crippen LogP contribution in [0.3, 0.4) is 0 Å². The van der Waals surface area contributed by atoms with Crippen molar-refractivity contribution in [3.8, 4) is 0 Å². The zero-order valence-corrected chi connectivity index (χ0v) is 19.7. The van der Waals surface area contributed by atoms with Gasteiger partial charge in [0.25, 0.3) is 0 Å². The van der Waals surface area contributed by atoms with Crippen LogP contribution in [0.2, 0.25) is 0 Å². The van der Waals surface area contributed by atoms with Crippen LogP contribution < -0.4 is 0 Å². The normalized spacial score (nSPS) is 52.7. The van der Waals surface area contributed by atoms with Crippen molar-refractivity contribution in [2.45, 2.75) is 104 Å². The van der Waals surface area contributed by atoms with E-state index in [4.69, 9.17) is 0 Å². The van der Waals surface area contributed by atoms with E-state index in [1.165, 1.54) is 38.5 Å². The molecule has 0 aromatic heterocycles. The van der Waals surface area contributed by atoms with Gasteiger partial charge in [-0.15, -0.1) is 6.58 Å². The topological polar surface area (TPSA) is 40.5 Å². The molecule has 4 fully saturated rings. The monoisotopic (exact) mass is 402 g/mol. The Bertz CT molecular complexity index is 628. The fraction of sp³-hybridized carbons (Fsp3) is 0.926. The first-order chi connectivity index (χ1) is 13.6. The third kappa shape index (κ3) is 3.02. The van der Waals surface area contributed by atoms with Gasteiger partial charge in [-0.3, -0.25) is 0 Å². The first kappa shape index (κ1) is 21.9. The second kappa shape index (κ2) is 7.37. The Morgan fingerprint density at radius 1 is 1.00 bits per heavy atom. The molecular formula is C27H46O2. The molecule has 4 aliphatic rings. The number of rotatable bonds is 5. The highest BCUT2D eigenvalue weighted by Crippen LogP contribution is 2.73. The van der Waals surface area contributed by atoms with E-state index in [9.17, 15) is 10.2 Å². The fourth-order valence-corrected chi connectivity index (χ4v) is 9.28. The minimum absolute atomic E-state index is 0.0571. The van der Waals surface area contributed by atoms with Gasteiger partial charge in [-0.1, -0.05) is 53.5 Å². The first-order valence-corrected chi connectivity index (χ1v) is 12.6. The molecule has 0 spiro atoms. The number of hydrogen-bond acceptors (Lipinski definition) is 2. The quantitative estimate of drug-likeness (QED) is 0.536. The van der Waals surface area contributed by atoms with Crippen LogP contribution >= 0.6 is 0 Å². The highest BCUT2D eigenvalue weighted by atomic mass is 16.3. The Hall–Kier alpha value is -0.340. The molecule has 3 unspecified atom stereocenters. The second-order valence-corrected chi connectivity index (χ2v) is 12.5. The molecule has 0 aromatic rings. The SMILES string of the molecule is C=C[C@@H]1C2C3CC[C@H]([C@H](C)CCC(C)C)[C@@]3(C)CCC2[C@@]2(C)CC[C@H](O)C[C@@]12O. The van der Waals surface area contributed by atoms with Gasteiger partial charge in [-0.2, -0.15) is 0 Å². The summed E-state index contributed by atoms with van der Waals surface area (Å²) in [6.07, 6.45) is 12.1. The van der Waals surface area contributed by atoms with Gasteiger partial charge in [0.15, 0.2) is 0 Å². The van der Waals surface area contributed by atoms with Gasteiger partial charge in [0.2, 0.25) is 0 Å². The summed E-state index contributed by atoms with van der Waals surface area (Å²) in [7, 11) is 0. The Balaban J connectivity index is 1.64. The highest BCUT2D eigenvalue weighted by Gasteiger charge is 2.71. The molecule has 4 rings (SSSR count). The van der Waals surface area contributed by atoms with E-state index in [1.54, 1.807) is 0 Å². The van der Waals surface area contributed by atoms with E-state index in [0.717, 1.165) is 30.6 Å². The molecule has 2 N–H and O–H groups in total. The Morgan fingerprint density at radius 2 is 1.72 bits per heavy atom. The van der Waals surface area contributed by atoms with Crippen molar-refractivity contribution in [2.75, 3.05) is 0 Å². The average Bonchev–Trinajstić information content (AvgIpc) is 3.09. The second-order valence-electron chi connectivity index (χ2n) is 12.5. The molecule has 166 valence electrons. The standard InChI is InChI=1S/C27H46O2/c1-7-20-24-22-11-10-21(18(4)9-8-17(2)3)25(22,5)14-13-23(24)26(6)15-12-19(28)16-27(20,26)29/h7,17-24,28-29H,1,8-16H2,2-6H3/t18-,19+,20-,21-,22?,23?,24?,25-,26-,27-/m1/s1. The number of aliphatic hydroxyl groups is 2. The highest BCUT2D eigenvalue weighted by molar-refractivity contribution is 5.23. The molecule has 0 saturated heterocycles. The molecule has 29 heavy (non-hydrogen) atoms. The van der Waals surface area contributed by atoms with E-state index in [-0.39, 0.29) is 17.4 Å². The lowest BCUT2D eigenvalue weighted by molar-refractivity contribution is -0.145. The van der Waals surface area contributed by atoms with E-state index in [1.807, 2.05) is 0 Å². The summed E-state index contributed by atoms with van der Waals surface area (Å²) in [5.41, 5.74) is -0.412. The molecule has 2 heteroatoms. The Kier molecular flexibility index (Phi) is 5.56. The molecule has 0 radical (unpaired) electrons. The van der Waals surface area contributed by atoms with Crippen molar-refractivity contribution < 1.29 is 10.2 Å². The van der Waals surface area contributed by atoms with Crippen LogP contribution in [0, 0.1) is 52.3 Å². The van der Waals surface area contributed by atoms with E-state index in [0.29, 0.717) is 29.6 Å². The van der Waals surface area contributed by atoms with Crippen molar-refractivity contribution >= 4 is 0 Å². The summed E-state index contributed by atoms with van der Waals surface area (Å²) < 4.78 is 0. The van der Waals surface area contributed by atoms with Gasteiger partial charge in [0.1, 0.15) is 0 Å². The smallest absolute Gasteiger partial charge is 0.0793 e. The van der Waals surface area contributed by atoms with Gasteiger partial charge < -0.3 is 10.2 Å². The van der Waals surface area contributed by atoms with Gasteiger partial charge in [0.05, 0.1) is 11.7 Å².